The summed E-state index contributed by atoms with van der Waals surface area (Å²) in [4.78, 5) is 24.9. The van der Waals surface area contributed by atoms with Gasteiger partial charge in [0.25, 0.3) is 0 Å². The molecule has 1 heterocycles. The number of nitrogens with zero attached hydrogens (tertiary/aromatic N) is 1. The van der Waals surface area contributed by atoms with E-state index in [1.54, 1.807) is 6.07 Å². The number of ether oxygens (including phenoxy) is 1. The lowest BCUT2D eigenvalue weighted by Crippen LogP contribution is -2.48. The molecule has 0 fully saturated rings. The molecule has 0 aliphatic heterocycles. The number of hydrogen-bond acceptors (Lipinski definition) is 6. The molecule has 2 rings (SSSR count). The van der Waals surface area contributed by atoms with Gasteiger partial charge in [-0.15, -0.1) is 0 Å². The number of halogens is 1. The second-order valence-corrected chi connectivity index (χ2v) is 9.41. The molecule has 0 bridgehead atoms. The molecule has 10 heteroatoms. The van der Waals surface area contributed by atoms with Crippen LogP contribution in [0.15, 0.2) is 35.2 Å². The smallest absolute Gasteiger partial charge is 0.327 e. The van der Waals surface area contributed by atoms with Gasteiger partial charge in [0, 0.05) is 28.5 Å². The van der Waals surface area contributed by atoms with Crippen LogP contribution in [-0.4, -0.2) is 48.6 Å². The van der Waals surface area contributed by atoms with E-state index in [1.165, 1.54) is 31.2 Å². The van der Waals surface area contributed by atoms with E-state index in [0.29, 0.717) is 10.6 Å². The molecule has 0 spiro atoms. The highest BCUT2D eigenvalue weighted by atomic mass is 35.5. The largest absolute Gasteiger partial charge is 0.456 e. The van der Waals surface area contributed by atoms with Gasteiger partial charge >= 0.3 is 5.97 Å². The number of rotatable bonds is 10. The van der Waals surface area contributed by atoms with Gasteiger partial charge in [0.2, 0.25) is 15.8 Å². The molecule has 1 aromatic carbocycles. The van der Waals surface area contributed by atoms with Crippen LogP contribution in [-0.2, 0) is 26.1 Å². The summed E-state index contributed by atoms with van der Waals surface area (Å²) in [5, 5.41) is 10.3. The lowest BCUT2D eigenvalue weighted by Gasteiger charge is -2.20. The maximum atomic E-state index is 12.6. The van der Waals surface area contributed by atoms with Crippen LogP contribution in [0, 0.1) is 13.8 Å². The second-order valence-electron chi connectivity index (χ2n) is 7.26. The average molecular weight is 471 g/mol. The van der Waals surface area contributed by atoms with Crippen molar-refractivity contribution in [3.05, 3.63) is 52.3 Å². The fourth-order valence-corrected chi connectivity index (χ4v) is 4.53. The summed E-state index contributed by atoms with van der Waals surface area (Å²) >= 11 is 5.77. The molecule has 2 N–H and O–H groups in total. The highest BCUT2D eigenvalue weighted by Crippen LogP contribution is 2.17. The molecular weight excluding hydrogens is 444 g/mol. The van der Waals surface area contributed by atoms with Crippen LogP contribution in [0.1, 0.15) is 42.0 Å². The van der Waals surface area contributed by atoms with E-state index < -0.39 is 40.5 Å². The fourth-order valence-electron chi connectivity index (χ4n) is 3.15. The fraction of sp³-hybridized carbons (Fsp3) is 0.429. The zero-order valence-electron chi connectivity index (χ0n) is 17.9. The second kappa shape index (κ2) is 10.4. The van der Waals surface area contributed by atoms with Crippen molar-refractivity contribution in [2.75, 3.05) is 6.61 Å². The Morgan fingerprint density at radius 1 is 1.23 bits per heavy atom. The van der Waals surface area contributed by atoms with Gasteiger partial charge in [-0.25, -0.2) is 8.42 Å². The first kappa shape index (κ1) is 25.1. The maximum Gasteiger partial charge on any atom is 0.327 e. The third kappa shape index (κ3) is 6.16. The first-order chi connectivity index (χ1) is 14.5. The number of esters is 1. The van der Waals surface area contributed by atoms with Crippen molar-refractivity contribution in [3.8, 4) is 0 Å². The van der Waals surface area contributed by atoms with Gasteiger partial charge in [-0.05, 0) is 57.5 Å². The predicted octanol–water partition coefficient (Wildman–Crippen LogP) is 2.62. The number of Topliss-reactive ketones (excluding diaryl/α,β-unsaturated/α-hetero) is 1. The average Bonchev–Trinajstić information content (AvgIpc) is 2.99. The topological polar surface area (TPSA) is 115 Å². The summed E-state index contributed by atoms with van der Waals surface area (Å²) in [6, 6.07) is 5.46. The third-order valence-electron chi connectivity index (χ3n) is 4.81. The highest BCUT2D eigenvalue weighted by Gasteiger charge is 2.31. The molecule has 1 aromatic heterocycles. The SMILES string of the molecule is CCCn1c(C)cc(C(=O)COC(=O)C(NS(=O)(=O)c2ccc(Cl)cc2)C(C)O)c1C. The summed E-state index contributed by atoms with van der Waals surface area (Å²) in [7, 11) is -4.13. The first-order valence-electron chi connectivity index (χ1n) is 9.80. The Labute approximate surface area is 187 Å². The monoisotopic (exact) mass is 470 g/mol. The maximum absolute atomic E-state index is 12.6. The normalized spacial score (nSPS) is 13.6. The number of aliphatic hydroxyl groups is 1. The number of carbonyl (C=O) groups excluding carboxylic acids is 2. The summed E-state index contributed by atoms with van der Waals surface area (Å²) < 4.78 is 34.2. The number of aliphatic hydroxyl groups excluding tert-OH is 1. The van der Waals surface area contributed by atoms with Crippen LogP contribution >= 0.6 is 11.6 Å². The Balaban J connectivity index is 2.10. The molecule has 0 amide bonds. The van der Waals surface area contributed by atoms with Gasteiger partial charge in [-0.3, -0.25) is 9.59 Å². The number of sulfonamides is 1. The van der Waals surface area contributed by atoms with E-state index in [-0.39, 0.29) is 4.90 Å². The van der Waals surface area contributed by atoms with Crippen molar-refractivity contribution in [2.45, 2.75) is 57.7 Å². The molecule has 2 aromatic rings. The van der Waals surface area contributed by atoms with Crippen molar-refractivity contribution in [1.29, 1.82) is 0 Å². The van der Waals surface area contributed by atoms with Crippen LogP contribution in [0.5, 0.6) is 0 Å². The van der Waals surface area contributed by atoms with Gasteiger partial charge in [-0.2, -0.15) is 4.72 Å². The van der Waals surface area contributed by atoms with E-state index in [1.807, 2.05) is 25.3 Å². The molecule has 31 heavy (non-hydrogen) atoms. The van der Waals surface area contributed by atoms with Crippen molar-refractivity contribution in [2.24, 2.45) is 0 Å². The van der Waals surface area contributed by atoms with E-state index in [9.17, 15) is 23.1 Å². The molecule has 0 aliphatic rings. The zero-order valence-corrected chi connectivity index (χ0v) is 19.5. The highest BCUT2D eigenvalue weighted by molar-refractivity contribution is 7.89. The van der Waals surface area contributed by atoms with Crippen molar-refractivity contribution >= 4 is 33.4 Å². The number of aryl methyl sites for hydroxylation is 1. The molecule has 2 unspecified atom stereocenters. The Kier molecular flexibility index (Phi) is 8.41. The van der Waals surface area contributed by atoms with Crippen LogP contribution in [0.25, 0.3) is 0 Å². The molecular formula is C21H27ClN2O6S. The summed E-state index contributed by atoms with van der Waals surface area (Å²) in [6.45, 7) is 7.18. The van der Waals surface area contributed by atoms with Gasteiger partial charge in [0.15, 0.2) is 6.61 Å². The standard InChI is InChI=1S/C21H27ClN2O6S/c1-5-10-24-13(2)11-18(14(24)3)19(26)12-30-21(27)20(15(4)25)23-31(28,29)17-8-6-16(22)7-9-17/h6-9,11,15,20,23,25H,5,10,12H2,1-4H3. The molecule has 8 nitrogen and oxygen atoms in total. The molecule has 170 valence electrons. The Morgan fingerprint density at radius 3 is 2.39 bits per heavy atom. The van der Waals surface area contributed by atoms with Gasteiger partial charge < -0.3 is 14.4 Å². The van der Waals surface area contributed by atoms with Gasteiger partial charge in [0.05, 0.1) is 11.0 Å². The van der Waals surface area contributed by atoms with Crippen LogP contribution in [0.2, 0.25) is 5.02 Å². The summed E-state index contributed by atoms with van der Waals surface area (Å²) in [6.07, 6.45) is -0.484. The number of aromatic nitrogens is 1. The van der Waals surface area contributed by atoms with Gasteiger partial charge in [-0.1, -0.05) is 18.5 Å². The third-order valence-corrected chi connectivity index (χ3v) is 6.52. The quantitative estimate of drug-likeness (QED) is 0.407. The van der Waals surface area contributed by atoms with E-state index in [0.717, 1.165) is 24.4 Å². The number of ketones is 1. The van der Waals surface area contributed by atoms with Crippen LogP contribution < -0.4 is 4.72 Å². The van der Waals surface area contributed by atoms with Crippen LogP contribution in [0.3, 0.4) is 0 Å². The van der Waals surface area contributed by atoms with E-state index in [4.69, 9.17) is 16.3 Å². The Hall–Kier alpha value is -2.20. The van der Waals surface area contributed by atoms with Crippen molar-refractivity contribution in [1.82, 2.24) is 9.29 Å². The first-order valence-corrected chi connectivity index (χ1v) is 11.7. The molecule has 0 saturated heterocycles. The number of hydrogen-bond donors (Lipinski definition) is 2. The molecule has 0 aliphatic carbocycles. The van der Waals surface area contributed by atoms with Crippen molar-refractivity contribution < 1.29 is 27.9 Å². The zero-order chi connectivity index (χ0) is 23.3. The lowest BCUT2D eigenvalue weighted by molar-refractivity contribution is -0.147. The lowest BCUT2D eigenvalue weighted by atomic mass is 10.1. The summed E-state index contributed by atoms with van der Waals surface area (Å²) in [5.41, 5.74) is 2.14. The molecule has 0 saturated carbocycles. The number of benzene rings is 1. The van der Waals surface area contributed by atoms with Crippen LogP contribution in [0.4, 0.5) is 0 Å². The van der Waals surface area contributed by atoms with Gasteiger partial charge in [0.1, 0.15) is 6.04 Å². The van der Waals surface area contributed by atoms with E-state index in [2.05, 4.69) is 4.72 Å². The minimum absolute atomic E-state index is 0.130. The van der Waals surface area contributed by atoms with E-state index >= 15 is 0 Å². The number of nitrogens with one attached hydrogen (secondary N) is 1. The Bertz CT molecular complexity index is 1040. The number of carbonyl (C=O) groups is 2. The van der Waals surface area contributed by atoms with Crippen molar-refractivity contribution in [3.63, 3.8) is 0 Å². The minimum Gasteiger partial charge on any atom is -0.456 e. The Morgan fingerprint density at radius 2 is 1.84 bits per heavy atom. The molecule has 2 atom stereocenters. The summed E-state index contributed by atoms with van der Waals surface area (Å²) in [5.74, 6) is -1.46. The minimum atomic E-state index is -4.13. The predicted molar refractivity (Wildman–Crippen MR) is 117 cm³/mol. The molecule has 0 radical (unpaired) electrons.